The number of hydrogen-bond donors (Lipinski definition) is 2. The second kappa shape index (κ2) is 7.14. The van der Waals surface area contributed by atoms with Crippen LogP contribution in [0.2, 0.25) is 0 Å². The standard InChI is InChI=1S/C13H22N2O2/c1-4-17-13-8-6-5-7-12(13)14-9-11(16)10-15(2)3/h5-8,11,14,16H,4,9-10H2,1-3H3. The first kappa shape index (κ1) is 13.8. The molecule has 0 bridgehead atoms. The van der Waals surface area contributed by atoms with Gasteiger partial charge in [-0.2, -0.15) is 0 Å². The first-order valence-electron chi connectivity index (χ1n) is 5.92. The van der Waals surface area contributed by atoms with E-state index in [2.05, 4.69) is 5.32 Å². The number of hydrogen-bond acceptors (Lipinski definition) is 4. The molecule has 0 saturated heterocycles. The number of benzene rings is 1. The molecule has 4 nitrogen and oxygen atoms in total. The molecule has 0 heterocycles. The zero-order valence-electron chi connectivity index (χ0n) is 10.8. The lowest BCUT2D eigenvalue weighted by atomic mass is 10.2. The molecule has 1 rings (SSSR count). The molecule has 0 saturated carbocycles. The van der Waals surface area contributed by atoms with Crippen molar-refractivity contribution in [3.05, 3.63) is 24.3 Å². The molecule has 2 N–H and O–H groups in total. The van der Waals surface area contributed by atoms with Gasteiger partial charge in [-0.25, -0.2) is 0 Å². The lowest BCUT2D eigenvalue weighted by molar-refractivity contribution is 0.148. The molecule has 0 aromatic heterocycles. The number of nitrogens with one attached hydrogen (secondary N) is 1. The second-order valence-corrected chi connectivity index (χ2v) is 4.23. The minimum atomic E-state index is -0.389. The highest BCUT2D eigenvalue weighted by Crippen LogP contribution is 2.23. The fourth-order valence-electron chi connectivity index (χ4n) is 1.61. The number of rotatable bonds is 7. The van der Waals surface area contributed by atoms with Gasteiger partial charge < -0.3 is 20.1 Å². The molecule has 1 unspecified atom stereocenters. The van der Waals surface area contributed by atoms with Crippen molar-refractivity contribution in [3.8, 4) is 5.75 Å². The van der Waals surface area contributed by atoms with Crippen molar-refractivity contribution in [3.63, 3.8) is 0 Å². The van der Waals surface area contributed by atoms with E-state index in [1.807, 2.05) is 50.2 Å². The maximum atomic E-state index is 9.76. The van der Waals surface area contributed by atoms with Gasteiger partial charge in [0.2, 0.25) is 0 Å². The number of ether oxygens (including phenoxy) is 1. The Morgan fingerprint density at radius 1 is 1.35 bits per heavy atom. The Bertz CT molecular complexity index is 329. The van der Waals surface area contributed by atoms with Gasteiger partial charge in [-0.05, 0) is 33.2 Å². The van der Waals surface area contributed by atoms with Gasteiger partial charge in [0.15, 0.2) is 0 Å². The van der Waals surface area contributed by atoms with Crippen molar-refractivity contribution in [1.82, 2.24) is 4.90 Å². The number of aliphatic hydroxyl groups is 1. The fraction of sp³-hybridized carbons (Fsp3) is 0.538. The van der Waals surface area contributed by atoms with Crippen LogP contribution in [0.25, 0.3) is 0 Å². The van der Waals surface area contributed by atoms with Crippen LogP contribution in [0, 0.1) is 0 Å². The topological polar surface area (TPSA) is 44.7 Å². The molecule has 1 aromatic carbocycles. The van der Waals surface area contributed by atoms with E-state index < -0.39 is 0 Å². The van der Waals surface area contributed by atoms with Crippen molar-refractivity contribution >= 4 is 5.69 Å². The first-order valence-corrected chi connectivity index (χ1v) is 5.92. The van der Waals surface area contributed by atoms with E-state index in [9.17, 15) is 5.11 Å². The number of aliphatic hydroxyl groups excluding tert-OH is 1. The summed E-state index contributed by atoms with van der Waals surface area (Å²) < 4.78 is 5.50. The second-order valence-electron chi connectivity index (χ2n) is 4.23. The van der Waals surface area contributed by atoms with Crippen LogP contribution in [-0.2, 0) is 0 Å². The summed E-state index contributed by atoms with van der Waals surface area (Å²) in [6.07, 6.45) is -0.389. The van der Waals surface area contributed by atoms with Gasteiger partial charge in [-0.15, -0.1) is 0 Å². The third-order valence-corrected chi connectivity index (χ3v) is 2.29. The quantitative estimate of drug-likeness (QED) is 0.754. The predicted octanol–water partition coefficient (Wildman–Crippen LogP) is 1.42. The van der Waals surface area contributed by atoms with Crippen LogP contribution in [-0.4, -0.2) is 49.9 Å². The Hall–Kier alpha value is -1.26. The summed E-state index contributed by atoms with van der Waals surface area (Å²) in [5.41, 5.74) is 0.923. The highest BCUT2D eigenvalue weighted by atomic mass is 16.5. The summed E-state index contributed by atoms with van der Waals surface area (Å²) in [4.78, 5) is 1.96. The van der Waals surface area contributed by atoms with Gasteiger partial charge in [-0.1, -0.05) is 12.1 Å². The Morgan fingerprint density at radius 2 is 2.06 bits per heavy atom. The average molecular weight is 238 g/mol. The van der Waals surface area contributed by atoms with Crippen LogP contribution in [0.15, 0.2) is 24.3 Å². The summed E-state index contributed by atoms with van der Waals surface area (Å²) in [7, 11) is 3.88. The van der Waals surface area contributed by atoms with Gasteiger partial charge in [-0.3, -0.25) is 0 Å². The molecule has 0 spiro atoms. The van der Waals surface area contributed by atoms with Crippen LogP contribution in [0.3, 0.4) is 0 Å². The Morgan fingerprint density at radius 3 is 2.71 bits per heavy atom. The first-order chi connectivity index (χ1) is 8.13. The third-order valence-electron chi connectivity index (χ3n) is 2.29. The molecule has 0 radical (unpaired) electrons. The fourth-order valence-corrected chi connectivity index (χ4v) is 1.61. The Kier molecular flexibility index (Phi) is 5.80. The highest BCUT2D eigenvalue weighted by Gasteiger charge is 2.07. The maximum absolute atomic E-state index is 9.76. The summed E-state index contributed by atoms with van der Waals surface area (Å²) >= 11 is 0. The zero-order valence-corrected chi connectivity index (χ0v) is 10.8. The third kappa shape index (κ3) is 5.06. The number of nitrogens with zero attached hydrogens (tertiary/aromatic N) is 1. The molecule has 1 aromatic rings. The summed E-state index contributed by atoms with van der Waals surface area (Å²) in [6, 6.07) is 7.76. The molecule has 0 amide bonds. The summed E-state index contributed by atoms with van der Waals surface area (Å²) in [5.74, 6) is 0.826. The molecule has 0 aliphatic heterocycles. The molecule has 1 atom stereocenters. The van der Waals surface area contributed by atoms with Crippen LogP contribution in [0.5, 0.6) is 5.75 Å². The molecular formula is C13H22N2O2. The van der Waals surface area contributed by atoms with Gasteiger partial charge in [0.1, 0.15) is 5.75 Å². The zero-order chi connectivity index (χ0) is 12.7. The Labute approximate surface area is 103 Å². The van der Waals surface area contributed by atoms with Crippen LogP contribution in [0.4, 0.5) is 5.69 Å². The lowest BCUT2D eigenvalue weighted by Gasteiger charge is -2.18. The van der Waals surface area contributed by atoms with E-state index in [1.54, 1.807) is 0 Å². The molecule has 0 aliphatic carbocycles. The lowest BCUT2D eigenvalue weighted by Crippen LogP contribution is -2.31. The van der Waals surface area contributed by atoms with E-state index in [-0.39, 0.29) is 6.10 Å². The van der Waals surface area contributed by atoms with Crippen molar-refractivity contribution in [1.29, 1.82) is 0 Å². The van der Waals surface area contributed by atoms with E-state index >= 15 is 0 Å². The molecular weight excluding hydrogens is 216 g/mol. The monoisotopic (exact) mass is 238 g/mol. The number of likely N-dealkylation sites (N-methyl/N-ethyl adjacent to an activating group) is 1. The van der Waals surface area contributed by atoms with Crippen LogP contribution < -0.4 is 10.1 Å². The minimum Gasteiger partial charge on any atom is -0.492 e. The van der Waals surface area contributed by atoms with Crippen LogP contribution >= 0.6 is 0 Å². The number of para-hydroxylation sites is 2. The summed E-state index contributed by atoms with van der Waals surface area (Å²) in [5, 5.41) is 13.0. The molecule has 96 valence electrons. The average Bonchev–Trinajstić information content (AvgIpc) is 2.27. The van der Waals surface area contributed by atoms with Crippen molar-refractivity contribution in [2.45, 2.75) is 13.0 Å². The predicted molar refractivity (Wildman–Crippen MR) is 70.7 cm³/mol. The SMILES string of the molecule is CCOc1ccccc1NCC(O)CN(C)C. The number of anilines is 1. The Balaban J connectivity index is 2.50. The van der Waals surface area contributed by atoms with E-state index in [1.165, 1.54) is 0 Å². The van der Waals surface area contributed by atoms with E-state index in [0.29, 0.717) is 19.7 Å². The van der Waals surface area contributed by atoms with Crippen molar-refractivity contribution < 1.29 is 9.84 Å². The van der Waals surface area contributed by atoms with Gasteiger partial charge >= 0.3 is 0 Å². The van der Waals surface area contributed by atoms with Gasteiger partial charge in [0, 0.05) is 13.1 Å². The minimum absolute atomic E-state index is 0.389. The maximum Gasteiger partial charge on any atom is 0.142 e. The van der Waals surface area contributed by atoms with Gasteiger partial charge in [0.25, 0.3) is 0 Å². The largest absolute Gasteiger partial charge is 0.492 e. The summed E-state index contributed by atoms with van der Waals surface area (Å²) in [6.45, 7) is 3.75. The van der Waals surface area contributed by atoms with Crippen molar-refractivity contribution in [2.24, 2.45) is 0 Å². The molecule has 17 heavy (non-hydrogen) atoms. The highest BCUT2D eigenvalue weighted by molar-refractivity contribution is 5.56. The van der Waals surface area contributed by atoms with Gasteiger partial charge in [0.05, 0.1) is 18.4 Å². The van der Waals surface area contributed by atoms with E-state index in [4.69, 9.17) is 4.74 Å². The van der Waals surface area contributed by atoms with E-state index in [0.717, 1.165) is 11.4 Å². The molecule has 0 fully saturated rings. The molecule has 0 aliphatic rings. The normalized spacial score (nSPS) is 12.5. The van der Waals surface area contributed by atoms with Crippen LogP contribution in [0.1, 0.15) is 6.92 Å². The van der Waals surface area contributed by atoms with Crippen molar-refractivity contribution in [2.75, 3.05) is 39.1 Å². The molecule has 4 heteroatoms. The smallest absolute Gasteiger partial charge is 0.142 e.